The molecule has 0 aliphatic heterocycles. The molecule has 3 aromatic heterocycles. The molecular formula is C26H25ClF3N5O4. The summed E-state index contributed by atoms with van der Waals surface area (Å²) in [7, 11) is 0. The molecule has 3 N–H and O–H groups in total. The topological polar surface area (TPSA) is 122 Å². The Bertz CT molecular complexity index is 1480. The number of aliphatic hydroxyl groups is 1. The van der Waals surface area contributed by atoms with Crippen LogP contribution in [0.4, 0.5) is 13.2 Å². The Morgan fingerprint density at radius 3 is 2.69 bits per heavy atom. The molecule has 3 heterocycles. The van der Waals surface area contributed by atoms with Gasteiger partial charge in [-0.25, -0.2) is 4.98 Å². The fraction of sp³-hybridized carbons (Fsp3) is 0.308. The number of nitrogens with one attached hydrogen (secondary N) is 1. The van der Waals surface area contributed by atoms with Gasteiger partial charge < -0.3 is 20.3 Å². The van der Waals surface area contributed by atoms with Gasteiger partial charge in [0, 0.05) is 36.9 Å². The maximum absolute atomic E-state index is 12.4. The highest BCUT2D eigenvalue weighted by atomic mass is 35.5. The maximum atomic E-state index is 12.4. The lowest BCUT2D eigenvalue weighted by atomic mass is 9.98. The molecule has 1 aromatic carbocycles. The van der Waals surface area contributed by atoms with E-state index < -0.39 is 30.7 Å². The van der Waals surface area contributed by atoms with Gasteiger partial charge in [-0.1, -0.05) is 23.7 Å². The van der Waals surface area contributed by atoms with Gasteiger partial charge in [0.15, 0.2) is 0 Å². The van der Waals surface area contributed by atoms with Crippen molar-refractivity contribution in [3.8, 4) is 11.6 Å². The third-order valence-corrected chi connectivity index (χ3v) is 5.99. The molecule has 1 unspecified atom stereocenters. The summed E-state index contributed by atoms with van der Waals surface area (Å²) in [6, 6.07) is 9.37. The fourth-order valence-corrected chi connectivity index (χ4v) is 4.08. The molecule has 39 heavy (non-hydrogen) atoms. The number of carbonyl (C=O) groups excluding carboxylic acids is 1. The molecule has 1 amide bonds. The second kappa shape index (κ2) is 11.5. The molecular weight excluding hydrogens is 539 g/mol. The third kappa shape index (κ3) is 7.58. The number of hydrogen-bond donors (Lipinski definition) is 3. The second-order valence-corrected chi connectivity index (χ2v) is 9.64. The minimum absolute atomic E-state index is 0.0793. The summed E-state index contributed by atoms with van der Waals surface area (Å²) in [4.78, 5) is 20.8. The summed E-state index contributed by atoms with van der Waals surface area (Å²) < 4.78 is 43.7. The molecule has 1 atom stereocenters. The lowest BCUT2D eigenvalue weighted by Gasteiger charge is -2.23. The maximum Gasteiger partial charge on any atom is 0.392 e. The first-order chi connectivity index (χ1) is 18.4. The summed E-state index contributed by atoms with van der Waals surface area (Å²) in [6.07, 6.45) is -0.589. The highest BCUT2D eigenvalue weighted by Gasteiger charge is 2.27. The van der Waals surface area contributed by atoms with E-state index in [0.717, 1.165) is 0 Å². The first kappa shape index (κ1) is 28.1. The van der Waals surface area contributed by atoms with Gasteiger partial charge in [-0.05, 0) is 36.8 Å². The van der Waals surface area contributed by atoms with Crippen LogP contribution in [0, 0.1) is 0 Å². The highest BCUT2D eigenvalue weighted by molar-refractivity contribution is 6.31. The van der Waals surface area contributed by atoms with E-state index in [1.165, 1.54) is 18.3 Å². The molecule has 0 radical (unpaired) electrons. The van der Waals surface area contributed by atoms with Crippen molar-refractivity contribution in [3.63, 3.8) is 0 Å². The lowest BCUT2D eigenvalue weighted by Crippen LogP contribution is -2.42. The zero-order chi connectivity index (χ0) is 28.2. The van der Waals surface area contributed by atoms with Gasteiger partial charge in [-0.3, -0.25) is 14.5 Å². The molecule has 0 aliphatic rings. The van der Waals surface area contributed by atoms with Crippen LogP contribution in [0.25, 0.3) is 10.9 Å². The molecule has 13 heteroatoms. The van der Waals surface area contributed by atoms with E-state index in [-0.39, 0.29) is 41.7 Å². The average Bonchev–Trinajstić information content (AvgIpc) is 3.27. The molecule has 4 rings (SSSR count). The standard InChI is InChI=1S/C26H25ClF3N5O4/c1-25(38,15-33-23(37)17-4-2-3-5-22(17)36)11-21-18-14-35(34-20(18)6-8-31-21)13-16-10-19(27)24(32-12-16)39-9-7-26(28,29)30/h2-6,8,10,12,14,36,38H,7,9,11,13,15H2,1H3,(H,33,37). The van der Waals surface area contributed by atoms with Crippen molar-refractivity contribution < 1.29 is 32.9 Å². The van der Waals surface area contributed by atoms with Crippen LogP contribution in [-0.4, -0.2) is 60.8 Å². The summed E-state index contributed by atoms with van der Waals surface area (Å²) in [5.41, 5.74) is 0.572. The number of aromatic nitrogens is 4. The number of rotatable bonds is 10. The van der Waals surface area contributed by atoms with Gasteiger partial charge >= 0.3 is 6.18 Å². The minimum Gasteiger partial charge on any atom is -0.507 e. The molecule has 0 spiro atoms. The van der Waals surface area contributed by atoms with Gasteiger partial charge in [-0.15, -0.1) is 0 Å². The van der Waals surface area contributed by atoms with E-state index in [1.54, 1.807) is 48.3 Å². The number of amides is 1. The average molecular weight is 564 g/mol. The summed E-state index contributed by atoms with van der Waals surface area (Å²) in [6.45, 7) is 1.15. The normalized spacial score (nSPS) is 13.3. The zero-order valence-corrected chi connectivity index (χ0v) is 21.5. The first-order valence-electron chi connectivity index (χ1n) is 11.8. The second-order valence-electron chi connectivity index (χ2n) is 9.23. The molecule has 0 bridgehead atoms. The van der Waals surface area contributed by atoms with E-state index in [9.17, 15) is 28.2 Å². The third-order valence-electron chi connectivity index (χ3n) is 5.72. The van der Waals surface area contributed by atoms with Crippen LogP contribution in [0.2, 0.25) is 5.02 Å². The van der Waals surface area contributed by atoms with E-state index in [4.69, 9.17) is 16.3 Å². The van der Waals surface area contributed by atoms with Crippen molar-refractivity contribution in [3.05, 3.63) is 76.8 Å². The lowest BCUT2D eigenvalue weighted by molar-refractivity contribution is -0.139. The molecule has 0 fully saturated rings. The predicted molar refractivity (Wildman–Crippen MR) is 137 cm³/mol. The summed E-state index contributed by atoms with van der Waals surface area (Å²) in [5.74, 6) is -0.761. The van der Waals surface area contributed by atoms with Crippen molar-refractivity contribution in [2.24, 2.45) is 0 Å². The SMILES string of the molecule is CC(O)(CNC(=O)c1ccccc1O)Cc1nccc2nn(Cc3cnc(OCCC(F)(F)F)c(Cl)c3)cc12. The Kier molecular flexibility index (Phi) is 8.26. The van der Waals surface area contributed by atoms with Crippen LogP contribution in [-0.2, 0) is 13.0 Å². The fourth-order valence-electron chi connectivity index (χ4n) is 3.83. The number of benzene rings is 1. The van der Waals surface area contributed by atoms with Crippen molar-refractivity contribution in [2.75, 3.05) is 13.2 Å². The zero-order valence-electron chi connectivity index (χ0n) is 20.7. The van der Waals surface area contributed by atoms with Gasteiger partial charge in [0.1, 0.15) is 10.8 Å². The number of alkyl halides is 3. The van der Waals surface area contributed by atoms with Crippen LogP contribution in [0.15, 0.2) is 55.0 Å². The summed E-state index contributed by atoms with van der Waals surface area (Å²) >= 11 is 6.14. The number of carbonyl (C=O) groups is 1. The number of phenols is 1. The molecule has 0 saturated heterocycles. The Morgan fingerprint density at radius 2 is 1.97 bits per heavy atom. The summed E-state index contributed by atoms with van der Waals surface area (Å²) in [5, 5.41) is 28.7. The molecule has 9 nitrogen and oxygen atoms in total. The van der Waals surface area contributed by atoms with Gasteiger partial charge in [0.2, 0.25) is 5.88 Å². The van der Waals surface area contributed by atoms with E-state index in [1.807, 2.05) is 0 Å². The van der Waals surface area contributed by atoms with Crippen LogP contribution >= 0.6 is 11.6 Å². The largest absolute Gasteiger partial charge is 0.507 e. The number of aromatic hydroxyl groups is 1. The van der Waals surface area contributed by atoms with E-state index >= 15 is 0 Å². The monoisotopic (exact) mass is 563 g/mol. The first-order valence-corrected chi connectivity index (χ1v) is 12.2. The number of fused-ring (bicyclic) bond motifs is 1. The number of para-hydroxylation sites is 1. The van der Waals surface area contributed by atoms with E-state index in [2.05, 4.69) is 20.4 Å². The van der Waals surface area contributed by atoms with Crippen molar-refractivity contribution in [1.82, 2.24) is 25.1 Å². The van der Waals surface area contributed by atoms with Crippen LogP contribution < -0.4 is 10.1 Å². The predicted octanol–water partition coefficient (Wildman–Crippen LogP) is 4.29. The van der Waals surface area contributed by atoms with Crippen molar-refractivity contribution >= 4 is 28.4 Å². The molecule has 0 aliphatic carbocycles. The smallest absolute Gasteiger partial charge is 0.392 e. The van der Waals surface area contributed by atoms with E-state index in [0.29, 0.717) is 22.2 Å². The van der Waals surface area contributed by atoms with Gasteiger partial charge in [0.05, 0.1) is 41.9 Å². The Hall–Kier alpha value is -3.90. The highest BCUT2D eigenvalue weighted by Crippen LogP contribution is 2.26. The molecule has 4 aromatic rings. The van der Waals surface area contributed by atoms with Gasteiger partial charge in [0.25, 0.3) is 5.91 Å². The Labute approximate surface area is 226 Å². The van der Waals surface area contributed by atoms with Crippen LogP contribution in [0.5, 0.6) is 11.6 Å². The number of ether oxygens (including phenoxy) is 1. The van der Waals surface area contributed by atoms with Crippen LogP contribution in [0.1, 0.15) is 35.0 Å². The van der Waals surface area contributed by atoms with Crippen molar-refractivity contribution in [2.45, 2.75) is 38.1 Å². The number of halogens is 4. The molecule has 206 valence electrons. The number of hydrogen-bond acceptors (Lipinski definition) is 7. The number of pyridine rings is 2. The quantitative estimate of drug-likeness (QED) is 0.263. The van der Waals surface area contributed by atoms with Crippen molar-refractivity contribution in [1.29, 1.82) is 0 Å². The number of phenolic OH excluding ortho intramolecular Hbond substituents is 1. The molecule has 0 saturated carbocycles. The van der Waals surface area contributed by atoms with Crippen LogP contribution in [0.3, 0.4) is 0 Å². The minimum atomic E-state index is -4.34. The van der Waals surface area contributed by atoms with Gasteiger partial charge in [-0.2, -0.15) is 18.3 Å². The Balaban J connectivity index is 1.42. The Morgan fingerprint density at radius 1 is 1.21 bits per heavy atom. The number of nitrogens with zero attached hydrogens (tertiary/aromatic N) is 4.